The van der Waals surface area contributed by atoms with Gasteiger partial charge in [0, 0.05) is 5.52 Å². The molecule has 11 heteroatoms. The van der Waals surface area contributed by atoms with Crippen LogP contribution >= 0.6 is 0 Å². The van der Waals surface area contributed by atoms with Gasteiger partial charge in [0.1, 0.15) is 27.2 Å². The standard InChI is InChI=1S/C16H11B2F3N4O2/c1-8-4-2-3-5-10(8)25-13-9(6-7-11(22-13)15(19,20)21)12(23-14(25)26)24-16(17,18)27/h2-7,27H,1H3,(H,23,24,26). The third-order valence-corrected chi connectivity index (χ3v) is 3.71. The van der Waals surface area contributed by atoms with Crippen molar-refractivity contribution >= 4 is 32.5 Å². The Morgan fingerprint density at radius 3 is 2.37 bits per heavy atom. The lowest BCUT2D eigenvalue weighted by Crippen LogP contribution is -2.40. The Kier molecular flexibility index (Phi) is 4.51. The van der Waals surface area contributed by atoms with E-state index in [1.165, 1.54) is 0 Å². The molecule has 0 unspecified atom stereocenters. The summed E-state index contributed by atoms with van der Waals surface area (Å²) in [7, 11) is 10.5. The first-order valence-corrected chi connectivity index (χ1v) is 7.63. The van der Waals surface area contributed by atoms with E-state index in [2.05, 4.69) is 15.3 Å². The fourth-order valence-electron chi connectivity index (χ4n) is 2.57. The van der Waals surface area contributed by atoms with Gasteiger partial charge in [-0.3, -0.25) is 0 Å². The van der Waals surface area contributed by atoms with E-state index >= 15 is 0 Å². The fourth-order valence-corrected chi connectivity index (χ4v) is 2.57. The van der Waals surface area contributed by atoms with Crippen LogP contribution in [0.5, 0.6) is 0 Å². The summed E-state index contributed by atoms with van der Waals surface area (Å²) in [4.78, 5) is 19.9. The highest BCUT2D eigenvalue weighted by atomic mass is 19.4. The quantitative estimate of drug-likeness (QED) is 0.539. The second kappa shape index (κ2) is 6.41. The number of aryl methyl sites for hydroxylation is 1. The number of anilines is 1. The lowest BCUT2D eigenvalue weighted by molar-refractivity contribution is -0.141. The number of nitrogens with zero attached hydrogens (tertiary/aromatic N) is 3. The molecule has 1 aromatic carbocycles. The van der Waals surface area contributed by atoms with Gasteiger partial charge < -0.3 is 10.4 Å². The summed E-state index contributed by atoms with van der Waals surface area (Å²) in [6.07, 6.45) is -4.72. The summed E-state index contributed by atoms with van der Waals surface area (Å²) < 4.78 is 40.4. The van der Waals surface area contributed by atoms with Crippen molar-refractivity contribution in [3.8, 4) is 5.69 Å². The van der Waals surface area contributed by atoms with Gasteiger partial charge in [-0.15, -0.1) is 0 Å². The van der Waals surface area contributed by atoms with Gasteiger partial charge in [-0.2, -0.15) is 18.2 Å². The summed E-state index contributed by atoms with van der Waals surface area (Å²) >= 11 is 0. The normalized spacial score (nSPS) is 12.3. The van der Waals surface area contributed by atoms with E-state index in [1.54, 1.807) is 31.2 Å². The Morgan fingerprint density at radius 2 is 1.78 bits per heavy atom. The number of rotatable bonds is 3. The van der Waals surface area contributed by atoms with Crippen molar-refractivity contribution in [1.82, 2.24) is 14.5 Å². The molecular weight excluding hydrogens is 359 g/mol. The van der Waals surface area contributed by atoms with Crippen LogP contribution in [0.2, 0.25) is 0 Å². The lowest BCUT2D eigenvalue weighted by atomic mass is 9.73. The van der Waals surface area contributed by atoms with Crippen LogP contribution in [0, 0.1) is 6.92 Å². The number of para-hydroxylation sites is 1. The van der Waals surface area contributed by atoms with E-state index in [0.29, 0.717) is 11.3 Å². The predicted molar refractivity (Wildman–Crippen MR) is 95.0 cm³/mol. The van der Waals surface area contributed by atoms with Crippen molar-refractivity contribution in [3.63, 3.8) is 0 Å². The van der Waals surface area contributed by atoms with Crippen molar-refractivity contribution in [2.75, 3.05) is 5.32 Å². The van der Waals surface area contributed by atoms with Gasteiger partial charge in [0.15, 0.2) is 5.65 Å². The van der Waals surface area contributed by atoms with Gasteiger partial charge in [-0.25, -0.2) is 14.3 Å². The molecule has 0 spiro atoms. The zero-order valence-corrected chi connectivity index (χ0v) is 13.9. The van der Waals surface area contributed by atoms with Crippen LogP contribution in [0.1, 0.15) is 11.3 Å². The summed E-state index contributed by atoms with van der Waals surface area (Å²) in [6.45, 7) is 1.69. The van der Waals surface area contributed by atoms with E-state index < -0.39 is 23.1 Å². The summed E-state index contributed by atoms with van der Waals surface area (Å²) in [6, 6.07) is 8.38. The third kappa shape index (κ3) is 3.82. The molecule has 0 aliphatic carbocycles. The van der Waals surface area contributed by atoms with Crippen molar-refractivity contribution in [1.29, 1.82) is 0 Å². The molecule has 0 aliphatic heterocycles. The van der Waals surface area contributed by atoms with Gasteiger partial charge in [-0.1, -0.05) is 18.2 Å². The van der Waals surface area contributed by atoms with Crippen molar-refractivity contribution in [2.24, 2.45) is 0 Å². The average Bonchev–Trinajstić information content (AvgIpc) is 2.53. The molecule has 0 amide bonds. The molecule has 2 heterocycles. The molecule has 0 fully saturated rings. The summed E-state index contributed by atoms with van der Waals surface area (Å²) in [5.74, 6) is -0.298. The van der Waals surface area contributed by atoms with Crippen LogP contribution in [0.25, 0.3) is 16.7 Å². The Labute approximate surface area is 153 Å². The lowest BCUT2D eigenvalue weighted by Gasteiger charge is -2.23. The maximum absolute atomic E-state index is 13.1. The van der Waals surface area contributed by atoms with E-state index in [9.17, 15) is 23.1 Å². The van der Waals surface area contributed by atoms with Gasteiger partial charge in [0.25, 0.3) is 0 Å². The van der Waals surface area contributed by atoms with Gasteiger partial charge in [0.05, 0.1) is 11.1 Å². The third-order valence-electron chi connectivity index (χ3n) is 3.71. The smallest absolute Gasteiger partial charge is 0.390 e. The summed E-state index contributed by atoms with van der Waals surface area (Å²) in [5.41, 5.74) is -3.93. The first-order valence-electron chi connectivity index (χ1n) is 7.63. The van der Waals surface area contributed by atoms with Gasteiger partial charge in [0.2, 0.25) is 0 Å². The Morgan fingerprint density at radius 1 is 1.11 bits per heavy atom. The monoisotopic (exact) mass is 370 g/mol. The first kappa shape index (κ1) is 19.0. The molecular formula is C16H11B2F3N4O2. The number of benzene rings is 1. The molecule has 134 valence electrons. The minimum atomic E-state index is -4.72. The highest BCUT2D eigenvalue weighted by molar-refractivity contribution is 6.40. The maximum atomic E-state index is 13.1. The van der Waals surface area contributed by atoms with Crippen LogP contribution in [0.15, 0.2) is 41.2 Å². The Bertz CT molecular complexity index is 1080. The zero-order chi connectivity index (χ0) is 20.0. The molecule has 27 heavy (non-hydrogen) atoms. The van der Waals surface area contributed by atoms with E-state index in [1.807, 2.05) is 0 Å². The largest absolute Gasteiger partial charge is 0.433 e. The maximum Gasteiger partial charge on any atom is 0.433 e. The molecule has 4 radical (unpaired) electrons. The summed E-state index contributed by atoms with van der Waals surface area (Å²) in [5, 5.41) is 11.7. The van der Waals surface area contributed by atoms with Crippen LogP contribution < -0.4 is 11.0 Å². The number of alkyl halides is 3. The molecule has 6 nitrogen and oxygen atoms in total. The molecule has 0 atom stereocenters. The SMILES string of the molecule is [B]C([B])(O)Nc1nc(=O)n(-c2ccccc2C)c2nc(C(F)(F)F)ccc12. The van der Waals surface area contributed by atoms with Crippen molar-refractivity contribution in [2.45, 2.75) is 18.6 Å². The molecule has 0 bridgehead atoms. The molecule has 0 saturated carbocycles. The molecule has 2 N–H and O–H groups in total. The Balaban J connectivity index is 2.41. The van der Waals surface area contributed by atoms with Crippen LogP contribution in [0.3, 0.4) is 0 Å². The highest BCUT2D eigenvalue weighted by Gasteiger charge is 2.33. The molecule has 3 aromatic rings. The number of hydrogen-bond acceptors (Lipinski definition) is 5. The number of aliphatic hydroxyl groups is 1. The second-order valence-electron chi connectivity index (χ2n) is 5.88. The van der Waals surface area contributed by atoms with E-state index in [4.69, 9.17) is 15.7 Å². The van der Waals surface area contributed by atoms with Crippen LogP contribution in [-0.2, 0) is 6.18 Å². The highest BCUT2D eigenvalue weighted by Crippen LogP contribution is 2.31. The number of nitrogens with one attached hydrogen (secondary N) is 1. The average molecular weight is 370 g/mol. The number of aromatic nitrogens is 3. The zero-order valence-electron chi connectivity index (χ0n) is 13.9. The van der Waals surface area contributed by atoms with Crippen LogP contribution in [-0.4, -0.2) is 40.9 Å². The van der Waals surface area contributed by atoms with E-state index in [0.717, 1.165) is 16.7 Å². The van der Waals surface area contributed by atoms with E-state index in [-0.39, 0.29) is 16.9 Å². The molecule has 2 aromatic heterocycles. The second-order valence-corrected chi connectivity index (χ2v) is 5.88. The van der Waals surface area contributed by atoms with Crippen molar-refractivity contribution < 1.29 is 18.3 Å². The molecule has 3 rings (SSSR count). The number of pyridine rings is 1. The first-order chi connectivity index (χ1) is 12.5. The predicted octanol–water partition coefficient (Wildman–Crippen LogP) is 1.46. The van der Waals surface area contributed by atoms with Gasteiger partial charge in [-0.05, 0) is 30.7 Å². The number of hydrogen-bond donors (Lipinski definition) is 2. The molecule has 0 saturated heterocycles. The van der Waals surface area contributed by atoms with Crippen LogP contribution in [0.4, 0.5) is 19.0 Å². The fraction of sp³-hybridized carbons (Fsp3) is 0.188. The minimum Gasteiger partial charge on any atom is -0.390 e. The minimum absolute atomic E-state index is 0.0141. The number of fused-ring (bicyclic) bond motifs is 1. The van der Waals surface area contributed by atoms with Gasteiger partial charge >= 0.3 is 11.9 Å². The molecule has 0 aliphatic rings. The van der Waals surface area contributed by atoms with Crippen molar-refractivity contribution in [3.05, 3.63) is 58.1 Å². The number of halogens is 3. The topological polar surface area (TPSA) is 80.0 Å². The Hall–Kier alpha value is -2.81.